The van der Waals surface area contributed by atoms with E-state index < -0.39 is 6.10 Å². The van der Waals surface area contributed by atoms with Gasteiger partial charge in [0.2, 0.25) is 5.56 Å². The summed E-state index contributed by atoms with van der Waals surface area (Å²) in [6, 6.07) is 25.6. The van der Waals surface area contributed by atoms with E-state index in [2.05, 4.69) is 34.6 Å². The van der Waals surface area contributed by atoms with Crippen LogP contribution in [0.2, 0.25) is 0 Å². The van der Waals surface area contributed by atoms with Gasteiger partial charge < -0.3 is 20.1 Å². The maximum absolute atomic E-state index is 12.0. The second kappa shape index (κ2) is 8.99. The minimum absolute atomic E-state index is 0.200. The van der Waals surface area contributed by atoms with Crippen molar-refractivity contribution in [1.82, 2.24) is 10.3 Å². The molecule has 1 aromatic heterocycles. The van der Waals surface area contributed by atoms with Gasteiger partial charge in [-0.25, -0.2) is 0 Å². The summed E-state index contributed by atoms with van der Waals surface area (Å²) in [7, 11) is 0. The summed E-state index contributed by atoms with van der Waals surface area (Å²) in [5.74, 6) is 0.593. The average molecular weight is 427 g/mol. The first kappa shape index (κ1) is 20.5. The molecule has 3 aromatic carbocycles. The van der Waals surface area contributed by atoms with Gasteiger partial charge in [0, 0.05) is 24.0 Å². The fraction of sp³-hybridized carbons (Fsp3) is 0.222. The van der Waals surface area contributed by atoms with E-state index in [4.69, 9.17) is 4.74 Å². The Labute approximate surface area is 186 Å². The number of aryl methyl sites for hydroxylation is 1. The van der Waals surface area contributed by atoms with Crippen LogP contribution in [-0.2, 0) is 13.0 Å². The molecule has 0 spiro atoms. The summed E-state index contributed by atoms with van der Waals surface area (Å²) in [5.41, 5.74) is 4.91. The molecule has 4 aromatic rings. The van der Waals surface area contributed by atoms with Crippen molar-refractivity contribution in [3.8, 4) is 5.75 Å². The van der Waals surface area contributed by atoms with E-state index in [1.807, 2.05) is 42.5 Å². The Balaban J connectivity index is 1.36. The number of pyridine rings is 1. The van der Waals surface area contributed by atoms with Crippen LogP contribution in [0.1, 0.15) is 40.8 Å². The molecule has 3 N–H and O–H groups in total. The van der Waals surface area contributed by atoms with Crippen molar-refractivity contribution in [1.29, 1.82) is 0 Å². The first-order valence-electron chi connectivity index (χ1n) is 11.0. The van der Waals surface area contributed by atoms with Crippen LogP contribution in [0, 0.1) is 0 Å². The fourth-order valence-electron chi connectivity index (χ4n) is 4.53. The average Bonchev–Trinajstić information content (AvgIpc) is 3.24. The number of aromatic amines is 1. The van der Waals surface area contributed by atoms with E-state index in [-0.39, 0.29) is 11.6 Å². The van der Waals surface area contributed by atoms with Crippen molar-refractivity contribution in [2.75, 3.05) is 6.54 Å². The SMILES string of the molecule is O=c1ccc2c([C@@H](O)CN[C@@H]3CCc4ccccc43)ccc(OCc3ccccc3)c2[nH]1. The summed E-state index contributed by atoms with van der Waals surface area (Å²) < 4.78 is 6.01. The van der Waals surface area contributed by atoms with Gasteiger partial charge in [0.1, 0.15) is 12.4 Å². The number of benzene rings is 3. The van der Waals surface area contributed by atoms with E-state index in [1.54, 1.807) is 6.07 Å². The molecule has 0 radical (unpaired) electrons. The Morgan fingerprint density at radius 1 is 1.00 bits per heavy atom. The van der Waals surface area contributed by atoms with Gasteiger partial charge in [-0.1, -0.05) is 60.7 Å². The zero-order valence-corrected chi connectivity index (χ0v) is 17.8. The Kier molecular flexibility index (Phi) is 5.75. The summed E-state index contributed by atoms with van der Waals surface area (Å²) in [5, 5.41) is 15.3. The molecule has 0 amide bonds. The number of aliphatic hydroxyl groups excluding tert-OH is 1. The van der Waals surface area contributed by atoms with Crippen molar-refractivity contribution < 1.29 is 9.84 Å². The van der Waals surface area contributed by atoms with Gasteiger partial charge in [-0.3, -0.25) is 4.79 Å². The standard InChI is InChI=1S/C27H26N2O3/c30-24(16-28-23-13-10-19-8-4-5-9-20(19)23)21-11-14-25(27-22(21)12-15-26(31)29-27)32-17-18-6-2-1-3-7-18/h1-9,11-12,14-15,23-24,28,30H,10,13,16-17H2,(H,29,31)/t23-,24+/m1/s1. The first-order chi connectivity index (χ1) is 15.7. The summed E-state index contributed by atoms with van der Waals surface area (Å²) in [4.78, 5) is 14.9. The quantitative estimate of drug-likeness (QED) is 0.409. The van der Waals surface area contributed by atoms with E-state index in [0.717, 1.165) is 29.4 Å². The molecule has 0 saturated carbocycles. The predicted molar refractivity (Wildman–Crippen MR) is 126 cm³/mol. The van der Waals surface area contributed by atoms with Crippen LogP contribution >= 0.6 is 0 Å². The van der Waals surface area contributed by atoms with Crippen LogP contribution in [0.15, 0.2) is 83.7 Å². The number of ether oxygens (including phenoxy) is 1. The van der Waals surface area contributed by atoms with Gasteiger partial charge in [-0.2, -0.15) is 0 Å². The largest absolute Gasteiger partial charge is 0.487 e. The van der Waals surface area contributed by atoms with Gasteiger partial charge >= 0.3 is 0 Å². The lowest BCUT2D eigenvalue weighted by Gasteiger charge is -2.20. The highest BCUT2D eigenvalue weighted by atomic mass is 16.5. The molecular formula is C27H26N2O3. The molecule has 162 valence electrons. The third kappa shape index (κ3) is 4.17. The molecular weight excluding hydrogens is 400 g/mol. The Morgan fingerprint density at radius 3 is 2.69 bits per heavy atom. The lowest BCUT2D eigenvalue weighted by Crippen LogP contribution is -2.25. The zero-order chi connectivity index (χ0) is 21.9. The molecule has 1 aliphatic rings. The minimum atomic E-state index is -0.709. The molecule has 1 heterocycles. The van der Waals surface area contributed by atoms with Crippen molar-refractivity contribution >= 4 is 10.9 Å². The smallest absolute Gasteiger partial charge is 0.248 e. The molecule has 0 saturated heterocycles. The minimum Gasteiger partial charge on any atom is -0.487 e. The number of H-pyrrole nitrogens is 1. The number of hydrogen-bond acceptors (Lipinski definition) is 4. The maximum atomic E-state index is 12.0. The summed E-state index contributed by atoms with van der Waals surface area (Å²) >= 11 is 0. The molecule has 0 aliphatic heterocycles. The molecule has 1 aliphatic carbocycles. The number of fused-ring (bicyclic) bond motifs is 2. The van der Waals surface area contributed by atoms with Crippen LogP contribution in [-0.4, -0.2) is 16.6 Å². The van der Waals surface area contributed by atoms with E-state index >= 15 is 0 Å². The van der Waals surface area contributed by atoms with Gasteiger partial charge in [-0.05, 0) is 47.2 Å². The van der Waals surface area contributed by atoms with Crippen molar-refractivity contribution in [2.45, 2.75) is 31.6 Å². The Hall–Kier alpha value is -3.41. The van der Waals surface area contributed by atoms with Gasteiger partial charge in [-0.15, -0.1) is 0 Å². The number of aliphatic hydroxyl groups is 1. The molecule has 0 unspecified atom stereocenters. The zero-order valence-electron chi connectivity index (χ0n) is 17.8. The second-order valence-electron chi connectivity index (χ2n) is 8.25. The number of aromatic nitrogens is 1. The monoisotopic (exact) mass is 426 g/mol. The molecule has 32 heavy (non-hydrogen) atoms. The van der Waals surface area contributed by atoms with E-state index in [0.29, 0.717) is 24.4 Å². The number of rotatable bonds is 7. The topological polar surface area (TPSA) is 74.3 Å². The number of nitrogens with one attached hydrogen (secondary N) is 2. The van der Waals surface area contributed by atoms with Crippen LogP contribution in [0.25, 0.3) is 10.9 Å². The van der Waals surface area contributed by atoms with E-state index in [1.165, 1.54) is 17.2 Å². The molecule has 2 atom stereocenters. The van der Waals surface area contributed by atoms with Crippen LogP contribution in [0.5, 0.6) is 5.75 Å². The lowest BCUT2D eigenvalue weighted by atomic mass is 10.0. The highest BCUT2D eigenvalue weighted by Gasteiger charge is 2.23. The van der Waals surface area contributed by atoms with Crippen LogP contribution in [0.4, 0.5) is 0 Å². The van der Waals surface area contributed by atoms with Gasteiger partial charge in [0.05, 0.1) is 11.6 Å². The van der Waals surface area contributed by atoms with E-state index in [9.17, 15) is 9.90 Å². The van der Waals surface area contributed by atoms with Crippen molar-refractivity contribution in [3.63, 3.8) is 0 Å². The number of hydrogen-bond donors (Lipinski definition) is 3. The van der Waals surface area contributed by atoms with Crippen molar-refractivity contribution in [3.05, 3.63) is 111 Å². The Bertz CT molecular complexity index is 1280. The fourth-order valence-corrected chi connectivity index (χ4v) is 4.53. The molecule has 0 fully saturated rings. The normalized spacial score (nSPS) is 16.1. The van der Waals surface area contributed by atoms with Crippen LogP contribution < -0.4 is 15.6 Å². The van der Waals surface area contributed by atoms with Crippen molar-refractivity contribution in [2.24, 2.45) is 0 Å². The summed E-state index contributed by atoms with van der Waals surface area (Å²) in [6.45, 7) is 0.828. The Morgan fingerprint density at radius 2 is 1.81 bits per heavy atom. The molecule has 5 rings (SSSR count). The first-order valence-corrected chi connectivity index (χ1v) is 11.0. The highest BCUT2D eigenvalue weighted by molar-refractivity contribution is 5.87. The maximum Gasteiger partial charge on any atom is 0.248 e. The highest BCUT2D eigenvalue weighted by Crippen LogP contribution is 2.33. The second-order valence-corrected chi connectivity index (χ2v) is 8.25. The summed E-state index contributed by atoms with van der Waals surface area (Å²) in [6.07, 6.45) is 1.38. The molecule has 0 bridgehead atoms. The lowest BCUT2D eigenvalue weighted by molar-refractivity contribution is 0.171. The van der Waals surface area contributed by atoms with Crippen LogP contribution in [0.3, 0.4) is 0 Å². The molecule has 5 heteroatoms. The molecule has 5 nitrogen and oxygen atoms in total. The third-order valence-electron chi connectivity index (χ3n) is 6.18. The van der Waals surface area contributed by atoms with Gasteiger partial charge in [0.25, 0.3) is 0 Å². The third-order valence-corrected chi connectivity index (χ3v) is 6.18. The van der Waals surface area contributed by atoms with Gasteiger partial charge in [0.15, 0.2) is 0 Å². The predicted octanol–water partition coefficient (Wildman–Crippen LogP) is 4.42.